The number of thiophene rings is 1. The van der Waals surface area contributed by atoms with E-state index in [0.29, 0.717) is 5.56 Å². The Morgan fingerprint density at radius 1 is 0.560 bits per heavy atom. The minimum atomic E-state index is -0.391. The molecule has 0 bridgehead atoms. The first-order valence-electron chi connectivity index (χ1n) is 20.1. The molecular weight excluding hydrogens is 625 g/mol. The Labute approximate surface area is 304 Å². The molecule has 7 aromatic carbocycles. The molecule has 8 aromatic rings. The van der Waals surface area contributed by atoms with Crippen molar-refractivity contribution in [3.8, 4) is 49.6 Å². The fraction of sp³-hybridized carbons (Fsp3) is 0.167. The van der Waals surface area contributed by atoms with Crippen LogP contribution >= 0.6 is 11.3 Å². The van der Waals surface area contributed by atoms with E-state index < -0.39 is 6.04 Å². The first kappa shape index (κ1) is 24.9. The lowest BCUT2D eigenvalue weighted by atomic mass is 9.63. The van der Waals surface area contributed by atoms with Gasteiger partial charge in [0.25, 0.3) is 0 Å². The first-order valence-corrected chi connectivity index (χ1v) is 18.4. The van der Waals surface area contributed by atoms with E-state index in [0.717, 1.165) is 51.3 Å². The van der Waals surface area contributed by atoms with E-state index in [9.17, 15) is 0 Å². The summed E-state index contributed by atoms with van der Waals surface area (Å²) in [5.74, 6) is 1.02. The predicted molar refractivity (Wildman–Crippen MR) is 213 cm³/mol. The zero-order chi connectivity index (χ0) is 37.8. The number of hydrogen-bond acceptors (Lipinski definition) is 2. The molecule has 1 aliphatic carbocycles. The van der Waals surface area contributed by atoms with Crippen LogP contribution in [-0.4, -0.2) is 5.60 Å². The number of benzene rings is 7. The lowest BCUT2D eigenvalue weighted by molar-refractivity contribution is 0.00740. The Balaban J connectivity index is 1.24. The van der Waals surface area contributed by atoms with E-state index in [1.807, 2.05) is 29.5 Å². The van der Waals surface area contributed by atoms with Crippen LogP contribution in [0.25, 0.3) is 75.5 Å². The first-order chi connectivity index (χ1) is 26.6. The van der Waals surface area contributed by atoms with Gasteiger partial charge in [-0.2, -0.15) is 0 Å². The highest BCUT2D eigenvalue weighted by atomic mass is 32.1. The van der Waals surface area contributed by atoms with Gasteiger partial charge < -0.3 is 4.74 Å². The van der Waals surface area contributed by atoms with Gasteiger partial charge in [0.05, 0.1) is 6.85 Å². The molecule has 0 spiro atoms. The van der Waals surface area contributed by atoms with Crippen molar-refractivity contribution in [2.75, 3.05) is 0 Å². The molecule has 0 saturated heterocycles. The van der Waals surface area contributed by atoms with E-state index in [1.54, 1.807) is 0 Å². The van der Waals surface area contributed by atoms with Gasteiger partial charge in [0.2, 0.25) is 0 Å². The molecule has 50 heavy (non-hydrogen) atoms. The molecule has 1 aliphatic heterocycles. The summed E-state index contributed by atoms with van der Waals surface area (Å²) in [5.41, 5.74) is 7.46. The second-order valence-electron chi connectivity index (χ2n) is 14.3. The SMILES string of the molecule is [2H]c1c([2H])c([2H])c(-c2cccc(-c3c4ccccc4c(-c4sc5ccccc5c4-c4ccc5c(c4)C4(C)CCCCC4(C)O5)c4ccccc34)c2)c([2H])c1[2H]. The number of rotatable bonds is 4. The molecule has 1 fully saturated rings. The Bertz CT molecular complexity index is 2830. The topological polar surface area (TPSA) is 9.23 Å². The molecule has 0 amide bonds. The van der Waals surface area contributed by atoms with Gasteiger partial charge in [0, 0.05) is 37.1 Å². The van der Waals surface area contributed by atoms with Gasteiger partial charge in [0.15, 0.2) is 0 Å². The highest BCUT2D eigenvalue weighted by molar-refractivity contribution is 7.23. The van der Waals surface area contributed by atoms with Crippen LogP contribution in [0.4, 0.5) is 0 Å². The molecular formula is C48H38OS. The molecule has 2 atom stereocenters. The molecule has 2 heteroatoms. The van der Waals surface area contributed by atoms with Crippen molar-refractivity contribution in [3.63, 3.8) is 0 Å². The van der Waals surface area contributed by atoms with Gasteiger partial charge in [-0.15, -0.1) is 11.3 Å². The summed E-state index contributed by atoms with van der Waals surface area (Å²) in [5, 5.41) is 5.68. The van der Waals surface area contributed by atoms with Gasteiger partial charge in [-0.1, -0.05) is 135 Å². The maximum absolute atomic E-state index is 8.70. The lowest BCUT2D eigenvalue weighted by Gasteiger charge is -2.43. The van der Waals surface area contributed by atoms with Crippen LogP contribution in [0.5, 0.6) is 5.75 Å². The van der Waals surface area contributed by atoms with Crippen LogP contribution in [0.15, 0.2) is 145 Å². The van der Waals surface area contributed by atoms with Crippen LogP contribution < -0.4 is 4.74 Å². The number of fused-ring (bicyclic) bond motifs is 6. The molecule has 0 radical (unpaired) electrons. The fourth-order valence-corrected chi connectivity index (χ4v) is 10.2. The minimum Gasteiger partial charge on any atom is -0.486 e. The Hall–Kier alpha value is -5.18. The Morgan fingerprint density at radius 3 is 1.92 bits per heavy atom. The highest BCUT2D eigenvalue weighted by Gasteiger charge is 2.55. The summed E-state index contributed by atoms with van der Waals surface area (Å²) >= 11 is 1.84. The zero-order valence-corrected chi connectivity index (χ0v) is 28.9. The van der Waals surface area contributed by atoms with Gasteiger partial charge in [-0.25, -0.2) is 0 Å². The molecule has 0 N–H and O–H groups in total. The van der Waals surface area contributed by atoms with Crippen molar-refractivity contribution >= 4 is 43.0 Å². The van der Waals surface area contributed by atoms with Crippen LogP contribution in [0.1, 0.15) is 51.9 Å². The van der Waals surface area contributed by atoms with E-state index >= 15 is 0 Å². The predicted octanol–water partition coefficient (Wildman–Crippen LogP) is 13.9. The maximum atomic E-state index is 8.70. The molecule has 1 aromatic heterocycles. The monoisotopic (exact) mass is 667 g/mol. The fourth-order valence-electron chi connectivity index (χ4n) is 8.93. The third-order valence-corrected chi connectivity index (χ3v) is 12.8. The summed E-state index contributed by atoms with van der Waals surface area (Å²) < 4.78 is 50.2. The van der Waals surface area contributed by atoms with Gasteiger partial charge in [-0.3, -0.25) is 0 Å². The zero-order valence-electron chi connectivity index (χ0n) is 33.1. The number of ether oxygens (including phenoxy) is 1. The molecule has 242 valence electrons. The van der Waals surface area contributed by atoms with Crippen molar-refractivity contribution in [2.24, 2.45) is 0 Å². The van der Waals surface area contributed by atoms with Crippen molar-refractivity contribution < 1.29 is 11.6 Å². The van der Waals surface area contributed by atoms with E-state index in [-0.39, 0.29) is 40.7 Å². The van der Waals surface area contributed by atoms with Gasteiger partial charge in [0.1, 0.15) is 11.4 Å². The standard InChI is InChI=1S/C48H38OS/c1-47-27-12-13-28-48(47,2)49-41-26-25-34(30-40(41)47)44-39-23-10-11-24-42(39)50-46(44)45-37-21-8-6-19-35(37)43(36-20-7-9-22-38(36)45)33-18-14-17-32(29-33)31-15-4-3-5-16-31/h3-11,14-26,29-30H,12-13,27-28H2,1-2H3/i3D,4D,5D,15D,16D. The van der Waals surface area contributed by atoms with E-state index in [1.165, 1.54) is 50.1 Å². The molecule has 1 saturated carbocycles. The molecule has 2 aliphatic rings. The van der Waals surface area contributed by atoms with Crippen LogP contribution in [0, 0.1) is 0 Å². The average Bonchev–Trinajstić information content (AvgIpc) is 3.70. The van der Waals surface area contributed by atoms with Crippen molar-refractivity contribution in [2.45, 2.75) is 50.5 Å². The molecule has 2 unspecified atom stereocenters. The molecule has 1 nitrogen and oxygen atoms in total. The summed E-state index contributed by atoms with van der Waals surface area (Å²) in [6.07, 6.45) is 4.59. The van der Waals surface area contributed by atoms with Crippen LogP contribution in [0.2, 0.25) is 0 Å². The Kier molecular flexibility index (Phi) is 5.56. The number of hydrogen-bond donors (Lipinski definition) is 0. The maximum Gasteiger partial charge on any atom is 0.124 e. The van der Waals surface area contributed by atoms with Crippen molar-refractivity contribution in [3.05, 3.63) is 151 Å². The normalized spacial score (nSPS) is 21.2. The highest BCUT2D eigenvalue weighted by Crippen LogP contribution is 2.58. The smallest absolute Gasteiger partial charge is 0.124 e. The van der Waals surface area contributed by atoms with Crippen molar-refractivity contribution in [1.82, 2.24) is 0 Å². The quantitative estimate of drug-likeness (QED) is 0.170. The summed E-state index contributed by atoms with van der Waals surface area (Å²) in [4.78, 5) is 1.23. The van der Waals surface area contributed by atoms with Crippen molar-refractivity contribution in [1.29, 1.82) is 0 Å². The largest absolute Gasteiger partial charge is 0.486 e. The summed E-state index contributed by atoms with van der Waals surface area (Å²) in [6.45, 7) is 4.71. The minimum absolute atomic E-state index is 0.0483. The lowest BCUT2D eigenvalue weighted by Crippen LogP contribution is -2.49. The van der Waals surface area contributed by atoms with E-state index in [2.05, 4.69) is 111 Å². The molecule has 2 heterocycles. The third kappa shape index (κ3) is 4.31. The Morgan fingerprint density at radius 2 is 1.18 bits per heavy atom. The second kappa shape index (κ2) is 11.2. The van der Waals surface area contributed by atoms with E-state index in [4.69, 9.17) is 11.6 Å². The van der Waals surface area contributed by atoms with Crippen LogP contribution in [0.3, 0.4) is 0 Å². The molecule has 10 rings (SSSR count). The summed E-state index contributed by atoms with van der Waals surface area (Å²) in [6, 6.07) is 39.1. The van der Waals surface area contributed by atoms with Crippen LogP contribution in [-0.2, 0) is 5.41 Å². The average molecular weight is 668 g/mol. The third-order valence-electron chi connectivity index (χ3n) is 11.6. The van der Waals surface area contributed by atoms with Gasteiger partial charge >= 0.3 is 0 Å². The van der Waals surface area contributed by atoms with Gasteiger partial charge in [-0.05, 0) is 99.8 Å². The second-order valence-corrected chi connectivity index (χ2v) is 15.4. The summed E-state index contributed by atoms with van der Waals surface area (Å²) in [7, 11) is 0.